The van der Waals surface area contributed by atoms with Gasteiger partial charge < -0.3 is 17.0 Å². The van der Waals surface area contributed by atoms with Gasteiger partial charge in [0.05, 0.1) is 0 Å². The molecule has 124 valence electrons. The van der Waals surface area contributed by atoms with Crippen molar-refractivity contribution in [1.29, 1.82) is 0 Å². The summed E-state index contributed by atoms with van der Waals surface area (Å²) in [6, 6.07) is 33.0. The maximum absolute atomic E-state index is 3.95. The van der Waals surface area contributed by atoms with Gasteiger partial charge in [-0.15, -0.1) is 0 Å². The standard InChI is InChI=1S/C21H23NP.BrH/c1-18(2)22-23(19-12-6-3-7-13-19,20-14-8-4-9-15-20)21-16-10-5-11-17-21;/h3-18,22H,1-2H3;1H/q+1;/p-1. The molecule has 0 atom stereocenters. The topological polar surface area (TPSA) is 12.0 Å². The van der Waals surface area contributed by atoms with Crippen LogP contribution >= 0.6 is 7.41 Å². The van der Waals surface area contributed by atoms with Crippen molar-refractivity contribution in [3.8, 4) is 0 Å². The van der Waals surface area contributed by atoms with Crippen molar-refractivity contribution >= 4 is 23.3 Å². The third kappa shape index (κ3) is 3.78. The molecule has 0 aliphatic rings. The molecule has 0 aliphatic heterocycles. The highest BCUT2D eigenvalue weighted by molar-refractivity contribution is 7.94. The Kier molecular flexibility index (Phi) is 6.74. The summed E-state index contributed by atoms with van der Waals surface area (Å²) >= 11 is 0. The Hall–Kier alpha value is -1.47. The summed E-state index contributed by atoms with van der Waals surface area (Å²) < 4.78 is 0. The SMILES string of the molecule is CC(C)N[P+](c1ccccc1)(c1ccccc1)c1ccccc1.[Br-]. The molecule has 3 heteroatoms. The fourth-order valence-electron chi connectivity index (χ4n) is 3.01. The number of benzene rings is 3. The van der Waals surface area contributed by atoms with Crippen LogP contribution in [0.1, 0.15) is 13.8 Å². The van der Waals surface area contributed by atoms with E-state index in [0.29, 0.717) is 6.04 Å². The fourth-order valence-corrected chi connectivity index (χ4v) is 6.99. The van der Waals surface area contributed by atoms with Gasteiger partial charge in [0.2, 0.25) is 0 Å². The highest BCUT2D eigenvalue weighted by Gasteiger charge is 2.46. The summed E-state index contributed by atoms with van der Waals surface area (Å²) in [4.78, 5) is 0. The minimum atomic E-state index is -1.86. The quantitative estimate of drug-likeness (QED) is 0.628. The van der Waals surface area contributed by atoms with Crippen molar-refractivity contribution in [2.24, 2.45) is 0 Å². The summed E-state index contributed by atoms with van der Waals surface area (Å²) in [5.74, 6) is 0. The van der Waals surface area contributed by atoms with Gasteiger partial charge in [-0.2, -0.15) is 5.09 Å². The zero-order chi connectivity index (χ0) is 16.1. The van der Waals surface area contributed by atoms with Crippen LogP contribution in [0.25, 0.3) is 0 Å². The lowest BCUT2D eigenvalue weighted by Crippen LogP contribution is -3.00. The summed E-state index contributed by atoms with van der Waals surface area (Å²) in [6.07, 6.45) is 0. The Bertz CT molecular complexity index is 633. The first kappa shape index (κ1) is 18.9. The van der Waals surface area contributed by atoms with Crippen LogP contribution in [-0.4, -0.2) is 6.04 Å². The third-order valence-corrected chi connectivity index (χ3v) is 8.00. The van der Waals surface area contributed by atoms with E-state index in [-0.39, 0.29) is 17.0 Å². The van der Waals surface area contributed by atoms with Gasteiger partial charge in [-0.1, -0.05) is 54.6 Å². The summed E-state index contributed by atoms with van der Waals surface area (Å²) in [5, 5.41) is 8.05. The average Bonchev–Trinajstić information content (AvgIpc) is 2.62. The lowest BCUT2D eigenvalue weighted by Gasteiger charge is -2.29. The van der Waals surface area contributed by atoms with Crippen LogP contribution in [0, 0.1) is 0 Å². The number of hydrogen-bond donors (Lipinski definition) is 1. The normalized spacial score (nSPS) is 11.1. The number of rotatable bonds is 5. The first-order valence-electron chi connectivity index (χ1n) is 8.07. The molecule has 0 saturated heterocycles. The van der Waals surface area contributed by atoms with E-state index >= 15 is 0 Å². The lowest BCUT2D eigenvalue weighted by atomic mass is 10.4. The van der Waals surface area contributed by atoms with Gasteiger partial charge in [0.15, 0.2) is 7.41 Å². The summed E-state index contributed by atoms with van der Waals surface area (Å²) in [7, 11) is -1.86. The highest BCUT2D eigenvalue weighted by Crippen LogP contribution is 2.51. The van der Waals surface area contributed by atoms with Gasteiger partial charge in [0, 0.05) is 6.04 Å². The Morgan fingerprint density at radius 2 is 0.875 bits per heavy atom. The lowest BCUT2D eigenvalue weighted by molar-refractivity contribution is -0.00000483. The van der Waals surface area contributed by atoms with Gasteiger partial charge in [0.1, 0.15) is 15.9 Å². The van der Waals surface area contributed by atoms with E-state index in [1.54, 1.807) is 0 Å². The number of halogens is 1. The Balaban J connectivity index is 0.00000208. The minimum Gasteiger partial charge on any atom is -1.00 e. The molecular weight excluding hydrogens is 377 g/mol. The predicted molar refractivity (Wildman–Crippen MR) is 103 cm³/mol. The second-order valence-corrected chi connectivity index (χ2v) is 9.11. The van der Waals surface area contributed by atoms with Gasteiger partial charge in [0.25, 0.3) is 0 Å². The molecule has 3 rings (SSSR count). The van der Waals surface area contributed by atoms with Crippen molar-refractivity contribution in [3.05, 3.63) is 91.0 Å². The molecule has 3 aromatic rings. The van der Waals surface area contributed by atoms with Crippen LogP contribution < -0.4 is 38.0 Å². The smallest absolute Gasteiger partial charge is 0.178 e. The van der Waals surface area contributed by atoms with Crippen LogP contribution in [0.4, 0.5) is 0 Å². The molecule has 0 amide bonds. The average molecular weight is 400 g/mol. The number of hydrogen-bond acceptors (Lipinski definition) is 1. The molecule has 0 radical (unpaired) electrons. The van der Waals surface area contributed by atoms with Crippen molar-refractivity contribution in [2.45, 2.75) is 19.9 Å². The molecule has 0 bridgehead atoms. The molecule has 1 N–H and O–H groups in total. The van der Waals surface area contributed by atoms with E-state index < -0.39 is 7.41 Å². The monoisotopic (exact) mass is 399 g/mol. The summed E-state index contributed by atoms with van der Waals surface area (Å²) in [5.41, 5.74) is 0. The van der Waals surface area contributed by atoms with Gasteiger partial charge in [-0.25, -0.2) is 0 Å². The van der Waals surface area contributed by atoms with Crippen molar-refractivity contribution in [3.63, 3.8) is 0 Å². The van der Waals surface area contributed by atoms with Crippen LogP contribution in [0.3, 0.4) is 0 Å². The predicted octanol–water partition coefficient (Wildman–Crippen LogP) is 0.897. The van der Waals surface area contributed by atoms with Crippen LogP contribution in [0.2, 0.25) is 0 Å². The van der Waals surface area contributed by atoms with E-state index in [2.05, 4.69) is 110 Å². The molecule has 1 nitrogen and oxygen atoms in total. The van der Waals surface area contributed by atoms with E-state index in [9.17, 15) is 0 Å². The molecule has 3 aromatic carbocycles. The van der Waals surface area contributed by atoms with Crippen molar-refractivity contribution < 1.29 is 17.0 Å². The molecule has 0 unspecified atom stereocenters. The molecule has 0 aliphatic carbocycles. The zero-order valence-electron chi connectivity index (χ0n) is 14.1. The molecular formula is C21H23BrNP. The van der Waals surface area contributed by atoms with Gasteiger partial charge in [-0.3, -0.25) is 0 Å². The zero-order valence-corrected chi connectivity index (χ0v) is 16.5. The third-order valence-electron chi connectivity index (χ3n) is 3.88. The maximum Gasteiger partial charge on any atom is 0.178 e. The maximum atomic E-state index is 3.95. The Morgan fingerprint density at radius 3 is 1.12 bits per heavy atom. The molecule has 0 spiro atoms. The highest BCUT2D eigenvalue weighted by atomic mass is 79.9. The van der Waals surface area contributed by atoms with E-state index in [4.69, 9.17) is 0 Å². The van der Waals surface area contributed by atoms with E-state index in [0.717, 1.165) is 0 Å². The molecule has 0 fully saturated rings. The van der Waals surface area contributed by atoms with Gasteiger partial charge in [-0.05, 0) is 50.2 Å². The van der Waals surface area contributed by atoms with Crippen molar-refractivity contribution in [2.75, 3.05) is 0 Å². The molecule has 0 saturated carbocycles. The first-order chi connectivity index (χ1) is 11.2. The Morgan fingerprint density at radius 1 is 0.583 bits per heavy atom. The molecule has 24 heavy (non-hydrogen) atoms. The largest absolute Gasteiger partial charge is 1.00 e. The van der Waals surface area contributed by atoms with Crippen LogP contribution in [0.15, 0.2) is 91.0 Å². The van der Waals surface area contributed by atoms with E-state index in [1.165, 1.54) is 15.9 Å². The van der Waals surface area contributed by atoms with Crippen LogP contribution in [0.5, 0.6) is 0 Å². The molecule has 0 aromatic heterocycles. The Labute approximate surface area is 156 Å². The van der Waals surface area contributed by atoms with E-state index in [1.807, 2.05) is 0 Å². The molecule has 0 heterocycles. The minimum absolute atomic E-state index is 0. The van der Waals surface area contributed by atoms with Gasteiger partial charge >= 0.3 is 0 Å². The fraction of sp³-hybridized carbons (Fsp3) is 0.143. The second-order valence-electron chi connectivity index (χ2n) is 5.96. The first-order valence-corrected chi connectivity index (χ1v) is 9.86. The van der Waals surface area contributed by atoms with Crippen molar-refractivity contribution in [1.82, 2.24) is 5.09 Å². The number of nitrogens with one attached hydrogen (secondary N) is 1. The second kappa shape index (κ2) is 8.58. The van der Waals surface area contributed by atoms with Crippen LogP contribution in [-0.2, 0) is 0 Å². The summed E-state index contributed by atoms with van der Waals surface area (Å²) in [6.45, 7) is 4.45.